The van der Waals surface area contributed by atoms with Crippen LogP contribution < -0.4 is 4.74 Å². The number of piperidine rings is 1. The molecule has 1 aromatic carbocycles. The maximum atomic E-state index is 14.0. The van der Waals surface area contributed by atoms with Gasteiger partial charge in [0.2, 0.25) is 0 Å². The maximum Gasteiger partial charge on any atom is 0.257 e. The first kappa shape index (κ1) is 14.8. The number of carbonyl (C=O) groups is 1. The quantitative estimate of drug-likeness (QED) is 0.922. The van der Waals surface area contributed by atoms with Gasteiger partial charge >= 0.3 is 0 Å². The SMILES string of the molecule is COc1ccc(C(=O)N2CC(CO)CCC2C)c(F)c1. The number of aliphatic hydroxyl groups is 1. The highest BCUT2D eigenvalue weighted by Crippen LogP contribution is 2.25. The van der Waals surface area contributed by atoms with E-state index in [2.05, 4.69) is 0 Å². The largest absolute Gasteiger partial charge is 0.497 e. The molecule has 2 atom stereocenters. The summed E-state index contributed by atoms with van der Waals surface area (Å²) in [5.74, 6) is -0.432. The van der Waals surface area contributed by atoms with Gasteiger partial charge in [-0.1, -0.05) is 0 Å². The highest BCUT2D eigenvalue weighted by Gasteiger charge is 2.30. The molecule has 2 rings (SSSR count). The predicted molar refractivity (Wildman–Crippen MR) is 73.3 cm³/mol. The lowest BCUT2D eigenvalue weighted by Gasteiger charge is -2.37. The molecular weight excluding hydrogens is 261 g/mol. The topological polar surface area (TPSA) is 49.8 Å². The Morgan fingerprint density at radius 3 is 2.85 bits per heavy atom. The van der Waals surface area contributed by atoms with Crippen LogP contribution in [0.15, 0.2) is 18.2 Å². The molecule has 0 aliphatic carbocycles. The second-order valence-corrected chi connectivity index (χ2v) is 5.28. The first-order chi connectivity index (χ1) is 9.56. The van der Waals surface area contributed by atoms with Crippen LogP contribution in [0.3, 0.4) is 0 Å². The Balaban J connectivity index is 2.21. The van der Waals surface area contributed by atoms with Gasteiger partial charge in [-0.3, -0.25) is 4.79 Å². The zero-order valence-electron chi connectivity index (χ0n) is 11.8. The van der Waals surface area contributed by atoms with Crippen molar-refractivity contribution in [3.63, 3.8) is 0 Å². The molecule has 0 aromatic heterocycles. The summed E-state index contributed by atoms with van der Waals surface area (Å²) >= 11 is 0. The first-order valence-corrected chi connectivity index (χ1v) is 6.82. The molecule has 0 saturated carbocycles. The van der Waals surface area contributed by atoms with Crippen molar-refractivity contribution in [3.05, 3.63) is 29.6 Å². The van der Waals surface area contributed by atoms with Crippen molar-refractivity contribution in [1.29, 1.82) is 0 Å². The van der Waals surface area contributed by atoms with Gasteiger partial charge in [0.1, 0.15) is 11.6 Å². The monoisotopic (exact) mass is 281 g/mol. The van der Waals surface area contributed by atoms with Crippen LogP contribution in [0.1, 0.15) is 30.1 Å². The second kappa shape index (κ2) is 6.22. The van der Waals surface area contributed by atoms with E-state index < -0.39 is 5.82 Å². The number of nitrogens with zero attached hydrogens (tertiary/aromatic N) is 1. The number of hydrogen-bond donors (Lipinski definition) is 1. The molecule has 110 valence electrons. The Labute approximate surface area is 118 Å². The molecule has 1 aromatic rings. The lowest BCUT2D eigenvalue weighted by molar-refractivity contribution is 0.0484. The van der Waals surface area contributed by atoms with E-state index in [-0.39, 0.29) is 30.0 Å². The van der Waals surface area contributed by atoms with Crippen LogP contribution >= 0.6 is 0 Å². The van der Waals surface area contributed by atoms with Crippen LogP contribution in [0.2, 0.25) is 0 Å². The van der Waals surface area contributed by atoms with Gasteiger partial charge in [0.05, 0.1) is 12.7 Å². The number of hydrogen-bond acceptors (Lipinski definition) is 3. The van der Waals surface area contributed by atoms with Crippen LogP contribution in [0.5, 0.6) is 5.75 Å². The maximum absolute atomic E-state index is 14.0. The average Bonchev–Trinajstić information content (AvgIpc) is 2.47. The van der Waals surface area contributed by atoms with Crippen molar-refractivity contribution in [2.24, 2.45) is 5.92 Å². The van der Waals surface area contributed by atoms with E-state index in [9.17, 15) is 14.3 Å². The van der Waals surface area contributed by atoms with Gasteiger partial charge in [0.25, 0.3) is 5.91 Å². The molecule has 1 fully saturated rings. The minimum absolute atomic E-state index is 0.0521. The number of halogens is 1. The zero-order valence-corrected chi connectivity index (χ0v) is 11.8. The fraction of sp³-hybridized carbons (Fsp3) is 0.533. The Kier molecular flexibility index (Phi) is 4.60. The number of amides is 1. The number of aliphatic hydroxyl groups excluding tert-OH is 1. The summed E-state index contributed by atoms with van der Waals surface area (Å²) in [6, 6.07) is 4.30. The summed E-state index contributed by atoms with van der Waals surface area (Å²) < 4.78 is 18.9. The van der Waals surface area contributed by atoms with Gasteiger partial charge in [-0.25, -0.2) is 4.39 Å². The zero-order chi connectivity index (χ0) is 14.7. The van der Waals surface area contributed by atoms with Crippen LogP contribution in [-0.2, 0) is 0 Å². The third-order valence-electron chi connectivity index (χ3n) is 3.91. The van der Waals surface area contributed by atoms with E-state index in [4.69, 9.17) is 4.74 Å². The van der Waals surface area contributed by atoms with Gasteiger partial charge in [-0.2, -0.15) is 0 Å². The number of methoxy groups -OCH3 is 1. The number of rotatable bonds is 3. The van der Waals surface area contributed by atoms with Crippen molar-refractivity contribution in [2.45, 2.75) is 25.8 Å². The molecule has 5 heteroatoms. The molecule has 0 radical (unpaired) electrons. The van der Waals surface area contributed by atoms with Crippen molar-refractivity contribution in [1.82, 2.24) is 4.90 Å². The second-order valence-electron chi connectivity index (χ2n) is 5.28. The van der Waals surface area contributed by atoms with Gasteiger partial charge < -0.3 is 14.7 Å². The van der Waals surface area contributed by atoms with Gasteiger partial charge in [-0.15, -0.1) is 0 Å². The van der Waals surface area contributed by atoms with Crippen molar-refractivity contribution in [2.75, 3.05) is 20.3 Å². The van der Waals surface area contributed by atoms with Crippen LogP contribution in [0.25, 0.3) is 0 Å². The molecule has 0 bridgehead atoms. The Morgan fingerprint density at radius 2 is 2.25 bits per heavy atom. The normalized spacial score (nSPS) is 22.7. The van der Waals surface area contributed by atoms with Gasteiger partial charge in [0.15, 0.2) is 0 Å². The van der Waals surface area contributed by atoms with Crippen LogP contribution in [-0.4, -0.2) is 42.2 Å². The Morgan fingerprint density at radius 1 is 1.50 bits per heavy atom. The number of benzene rings is 1. The summed E-state index contributed by atoms with van der Waals surface area (Å²) in [6.07, 6.45) is 1.72. The summed E-state index contributed by atoms with van der Waals surface area (Å²) in [6.45, 7) is 2.48. The van der Waals surface area contributed by atoms with Crippen LogP contribution in [0.4, 0.5) is 4.39 Å². The molecule has 1 N–H and O–H groups in total. The van der Waals surface area contributed by atoms with Crippen molar-refractivity contribution in [3.8, 4) is 5.75 Å². The van der Waals surface area contributed by atoms with Crippen molar-refractivity contribution >= 4 is 5.91 Å². The van der Waals surface area contributed by atoms with Crippen molar-refractivity contribution < 1.29 is 19.0 Å². The minimum atomic E-state index is -0.576. The minimum Gasteiger partial charge on any atom is -0.497 e. The summed E-state index contributed by atoms with van der Waals surface area (Å²) in [5.41, 5.74) is 0.0521. The van der Waals surface area contributed by atoms with E-state index in [1.165, 1.54) is 19.2 Å². The highest BCUT2D eigenvalue weighted by atomic mass is 19.1. The van der Waals surface area contributed by atoms with E-state index >= 15 is 0 Å². The summed E-state index contributed by atoms with van der Waals surface area (Å²) in [7, 11) is 1.45. The van der Waals surface area contributed by atoms with Crippen LogP contribution in [0, 0.1) is 11.7 Å². The smallest absolute Gasteiger partial charge is 0.257 e. The summed E-state index contributed by atoms with van der Waals surface area (Å²) in [4.78, 5) is 14.1. The Hall–Kier alpha value is -1.62. The molecule has 2 unspecified atom stereocenters. The molecule has 1 saturated heterocycles. The molecule has 1 aliphatic heterocycles. The number of ether oxygens (including phenoxy) is 1. The van der Waals surface area contributed by atoms with E-state index in [1.54, 1.807) is 11.0 Å². The highest BCUT2D eigenvalue weighted by molar-refractivity contribution is 5.95. The van der Waals surface area contributed by atoms with Gasteiger partial charge in [0, 0.05) is 25.3 Å². The standard InChI is InChI=1S/C15H20FNO3/c1-10-3-4-11(9-18)8-17(10)15(19)13-6-5-12(20-2)7-14(13)16/h5-7,10-11,18H,3-4,8-9H2,1-2H3. The Bertz CT molecular complexity index is 492. The third kappa shape index (κ3) is 2.93. The molecule has 20 heavy (non-hydrogen) atoms. The predicted octanol–water partition coefficient (Wildman–Crippen LogP) is 2.07. The van der Waals surface area contributed by atoms with E-state index in [0.717, 1.165) is 12.8 Å². The number of likely N-dealkylation sites (tertiary alicyclic amines) is 1. The average molecular weight is 281 g/mol. The molecule has 1 aliphatic rings. The van der Waals surface area contributed by atoms with E-state index in [0.29, 0.717) is 12.3 Å². The van der Waals surface area contributed by atoms with E-state index in [1.807, 2.05) is 6.92 Å². The molecular formula is C15H20FNO3. The first-order valence-electron chi connectivity index (χ1n) is 6.82. The summed E-state index contributed by atoms with van der Waals surface area (Å²) in [5, 5.41) is 9.24. The molecule has 1 amide bonds. The molecule has 4 nitrogen and oxygen atoms in total. The molecule has 0 spiro atoms. The third-order valence-corrected chi connectivity index (χ3v) is 3.91. The van der Waals surface area contributed by atoms with Gasteiger partial charge in [-0.05, 0) is 37.8 Å². The lowest BCUT2D eigenvalue weighted by Crippen LogP contribution is -2.46. The lowest BCUT2D eigenvalue weighted by atomic mass is 9.93. The fourth-order valence-electron chi connectivity index (χ4n) is 2.57. The fourth-order valence-corrected chi connectivity index (χ4v) is 2.57. The molecule has 1 heterocycles. The number of carbonyl (C=O) groups excluding carboxylic acids is 1.